The molecule has 4 rings (SSSR count). The molecule has 7 heteroatoms. The van der Waals surface area contributed by atoms with Gasteiger partial charge in [0.2, 0.25) is 11.8 Å². The van der Waals surface area contributed by atoms with Crippen LogP contribution in [0.1, 0.15) is 43.1 Å². The van der Waals surface area contributed by atoms with Crippen LogP contribution in [0.4, 0.5) is 10.1 Å². The topological polar surface area (TPSA) is 69.7 Å². The van der Waals surface area contributed by atoms with Gasteiger partial charge in [-0.25, -0.2) is 4.39 Å². The molecule has 0 saturated carbocycles. The van der Waals surface area contributed by atoms with Crippen LogP contribution in [0.25, 0.3) is 10.8 Å². The number of nitrogens with one attached hydrogen (secondary N) is 1. The highest BCUT2D eigenvalue weighted by Crippen LogP contribution is 2.37. The monoisotopic (exact) mass is 475 g/mol. The Bertz CT molecular complexity index is 1250. The van der Waals surface area contributed by atoms with Crippen LogP contribution in [0.15, 0.2) is 60.7 Å². The van der Waals surface area contributed by atoms with E-state index in [2.05, 4.69) is 5.32 Å². The fourth-order valence-electron chi connectivity index (χ4n) is 4.49. The van der Waals surface area contributed by atoms with Crippen molar-refractivity contribution in [2.45, 2.75) is 39.8 Å². The predicted octanol–water partition coefficient (Wildman–Crippen LogP) is 4.52. The van der Waals surface area contributed by atoms with Gasteiger partial charge in [-0.3, -0.25) is 19.3 Å². The van der Waals surface area contributed by atoms with Crippen LogP contribution < -0.4 is 10.2 Å². The molecule has 0 unspecified atom stereocenters. The number of hydrogen-bond donors (Lipinski definition) is 1. The molecule has 0 fully saturated rings. The second kappa shape index (κ2) is 10.3. The first kappa shape index (κ1) is 24.4. The van der Waals surface area contributed by atoms with Crippen LogP contribution in [-0.4, -0.2) is 41.8 Å². The number of hydrogen-bond acceptors (Lipinski definition) is 3. The summed E-state index contributed by atoms with van der Waals surface area (Å²) < 4.78 is 13.5. The molecule has 3 aromatic rings. The molecule has 0 bridgehead atoms. The number of amides is 3. The van der Waals surface area contributed by atoms with Crippen LogP contribution in [0.5, 0.6) is 0 Å². The normalized spacial score (nSPS) is 13.4. The van der Waals surface area contributed by atoms with Gasteiger partial charge in [0.05, 0.1) is 5.69 Å². The first-order chi connectivity index (χ1) is 16.8. The molecule has 35 heavy (non-hydrogen) atoms. The molecule has 182 valence electrons. The molecule has 1 N–H and O–H groups in total. The van der Waals surface area contributed by atoms with Crippen molar-refractivity contribution >= 4 is 34.2 Å². The van der Waals surface area contributed by atoms with Crippen LogP contribution in [-0.2, 0) is 16.1 Å². The molecule has 0 aromatic heterocycles. The van der Waals surface area contributed by atoms with Gasteiger partial charge < -0.3 is 10.2 Å². The molecule has 0 aliphatic carbocycles. The third-order valence-electron chi connectivity index (χ3n) is 6.28. The Morgan fingerprint density at radius 1 is 1.03 bits per heavy atom. The van der Waals surface area contributed by atoms with Crippen molar-refractivity contribution in [3.63, 3.8) is 0 Å². The van der Waals surface area contributed by atoms with E-state index < -0.39 is 6.04 Å². The van der Waals surface area contributed by atoms with Crippen molar-refractivity contribution in [3.8, 4) is 0 Å². The molecular formula is C28H30FN3O3. The van der Waals surface area contributed by atoms with E-state index in [4.69, 9.17) is 0 Å². The third kappa shape index (κ3) is 5.04. The summed E-state index contributed by atoms with van der Waals surface area (Å²) in [6, 6.07) is 16.3. The van der Waals surface area contributed by atoms with E-state index in [-0.39, 0.29) is 42.5 Å². The first-order valence-corrected chi connectivity index (χ1v) is 11.9. The second-order valence-electron chi connectivity index (χ2n) is 9.28. The Labute approximate surface area is 204 Å². The average molecular weight is 476 g/mol. The first-order valence-electron chi connectivity index (χ1n) is 11.9. The SMILES string of the molecule is CC[C@H](C(=O)NCC(C)C)N(Cc1ccc(F)cc1)C(=O)CN1C(=O)c2cccc3cccc1c23. The summed E-state index contributed by atoms with van der Waals surface area (Å²) in [5.41, 5.74) is 1.96. The quantitative estimate of drug-likeness (QED) is 0.495. The zero-order valence-electron chi connectivity index (χ0n) is 20.3. The van der Waals surface area contributed by atoms with Gasteiger partial charge in [-0.1, -0.05) is 57.2 Å². The number of carbonyl (C=O) groups excluding carboxylic acids is 3. The van der Waals surface area contributed by atoms with Crippen molar-refractivity contribution in [2.24, 2.45) is 5.92 Å². The third-order valence-corrected chi connectivity index (χ3v) is 6.28. The van der Waals surface area contributed by atoms with Crippen LogP contribution >= 0.6 is 0 Å². The van der Waals surface area contributed by atoms with E-state index >= 15 is 0 Å². The summed E-state index contributed by atoms with van der Waals surface area (Å²) in [5.74, 6) is -0.932. The van der Waals surface area contributed by atoms with Crippen LogP contribution in [0.2, 0.25) is 0 Å². The molecule has 3 amide bonds. The van der Waals surface area contributed by atoms with E-state index in [1.807, 2.05) is 51.1 Å². The maximum Gasteiger partial charge on any atom is 0.259 e. The highest BCUT2D eigenvalue weighted by atomic mass is 19.1. The van der Waals surface area contributed by atoms with E-state index in [0.29, 0.717) is 29.8 Å². The zero-order valence-corrected chi connectivity index (χ0v) is 20.3. The lowest BCUT2D eigenvalue weighted by Crippen LogP contribution is -2.52. The summed E-state index contributed by atoms with van der Waals surface area (Å²) in [4.78, 5) is 43.0. The summed E-state index contributed by atoms with van der Waals surface area (Å²) in [5, 5.41) is 4.69. The smallest absolute Gasteiger partial charge is 0.259 e. The molecule has 3 aromatic carbocycles. The largest absolute Gasteiger partial charge is 0.354 e. The van der Waals surface area contributed by atoms with Gasteiger partial charge in [-0.05, 0) is 47.6 Å². The Morgan fingerprint density at radius 2 is 1.71 bits per heavy atom. The Kier molecular flexibility index (Phi) is 7.15. The zero-order chi connectivity index (χ0) is 25.1. The van der Waals surface area contributed by atoms with Crippen LogP contribution in [0, 0.1) is 11.7 Å². The van der Waals surface area contributed by atoms with Crippen molar-refractivity contribution < 1.29 is 18.8 Å². The average Bonchev–Trinajstić information content (AvgIpc) is 3.11. The number of rotatable bonds is 9. The summed E-state index contributed by atoms with van der Waals surface area (Å²) >= 11 is 0. The number of halogens is 1. The summed E-state index contributed by atoms with van der Waals surface area (Å²) in [6.45, 7) is 6.28. The molecule has 1 atom stereocenters. The van der Waals surface area contributed by atoms with Crippen molar-refractivity contribution in [3.05, 3.63) is 77.6 Å². The Balaban J connectivity index is 1.63. The number of carbonyl (C=O) groups is 3. The lowest BCUT2D eigenvalue weighted by Gasteiger charge is -2.32. The lowest BCUT2D eigenvalue weighted by atomic mass is 10.1. The Morgan fingerprint density at radius 3 is 2.37 bits per heavy atom. The molecule has 0 spiro atoms. The summed E-state index contributed by atoms with van der Waals surface area (Å²) in [6.07, 6.45) is 0.403. The van der Waals surface area contributed by atoms with Gasteiger partial charge in [-0.15, -0.1) is 0 Å². The number of nitrogens with zero attached hydrogens (tertiary/aromatic N) is 2. The van der Waals surface area contributed by atoms with Gasteiger partial charge >= 0.3 is 0 Å². The van der Waals surface area contributed by atoms with Gasteiger partial charge in [0.15, 0.2) is 0 Å². The highest BCUT2D eigenvalue weighted by Gasteiger charge is 2.35. The van der Waals surface area contributed by atoms with Crippen LogP contribution in [0.3, 0.4) is 0 Å². The maximum absolute atomic E-state index is 13.7. The van der Waals surface area contributed by atoms with E-state index in [1.54, 1.807) is 18.2 Å². The van der Waals surface area contributed by atoms with Gasteiger partial charge in [0.25, 0.3) is 5.91 Å². The Hall–Kier alpha value is -3.74. The minimum atomic E-state index is -0.720. The van der Waals surface area contributed by atoms with E-state index in [1.165, 1.54) is 21.9 Å². The van der Waals surface area contributed by atoms with Crippen molar-refractivity contribution in [2.75, 3.05) is 18.0 Å². The van der Waals surface area contributed by atoms with E-state index in [0.717, 1.165) is 10.8 Å². The predicted molar refractivity (Wildman–Crippen MR) is 135 cm³/mol. The molecular weight excluding hydrogens is 445 g/mol. The lowest BCUT2D eigenvalue weighted by molar-refractivity contribution is -0.140. The fourth-order valence-corrected chi connectivity index (χ4v) is 4.49. The molecule has 6 nitrogen and oxygen atoms in total. The van der Waals surface area contributed by atoms with Gasteiger partial charge in [0, 0.05) is 24.0 Å². The van der Waals surface area contributed by atoms with Gasteiger partial charge in [0.1, 0.15) is 18.4 Å². The molecule has 1 aliphatic rings. The minimum Gasteiger partial charge on any atom is -0.354 e. The number of benzene rings is 3. The second-order valence-corrected chi connectivity index (χ2v) is 9.28. The number of anilines is 1. The minimum absolute atomic E-state index is 0.131. The molecule has 1 heterocycles. The fraction of sp³-hybridized carbons (Fsp3) is 0.321. The van der Waals surface area contributed by atoms with Gasteiger partial charge in [-0.2, -0.15) is 0 Å². The van der Waals surface area contributed by atoms with Crippen molar-refractivity contribution in [1.82, 2.24) is 10.2 Å². The molecule has 0 radical (unpaired) electrons. The maximum atomic E-state index is 13.7. The molecule has 0 saturated heterocycles. The standard InChI is InChI=1S/C28H30FN3O3/c1-4-23(27(34)30-15-18(2)3)31(16-19-11-13-21(29)14-12-19)25(33)17-32-24-10-6-8-20-7-5-9-22(26(20)24)28(32)35/h5-14,18,23H,4,15-17H2,1-3H3,(H,30,34)/t23-/m1/s1. The summed E-state index contributed by atoms with van der Waals surface area (Å²) in [7, 11) is 0. The highest BCUT2D eigenvalue weighted by molar-refractivity contribution is 6.26. The van der Waals surface area contributed by atoms with Crippen molar-refractivity contribution in [1.29, 1.82) is 0 Å². The molecule has 1 aliphatic heterocycles. The van der Waals surface area contributed by atoms with E-state index in [9.17, 15) is 18.8 Å².